The fourth-order valence-corrected chi connectivity index (χ4v) is 5.24. The third kappa shape index (κ3) is 3.28. The van der Waals surface area contributed by atoms with E-state index in [-0.39, 0.29) is 5.56 Å². The molecule has 4 heterocycles. The van der Waals surface area contributed by atoms with Gasteiger partial charge in [-0.25, -0.2) is 0 Å². The molecule has 1 aromatic carbocycles. The maximum absolute atomic E-state index is 12.8. The van der Waals surface area contributed by atoms with Crippen molar-refractivity contribution in [3.8, 4) is 11.1 Å². The molecule has 0 radical (unpaired) electrons. The Morgan fingerprint density at radius 1 is 0.929 bits per heavy atom. The van der Waals surface area contributed by atoms with Crippen molar-refractivity contribution in [3.05, 3.63) is 58.5 Å². The van der Waals surface area contributed by atoms with E-state index in [2.05, 4.69) is 23.1 Å². The minimum atomic E-state index is 0.127. The van der Waals surface area contributed by atoms with Gasteiger partial charge < -0.3 is 14.4 Å². The highest BCUT2D eigenvalue weighted by Gasteiger charge is 2.35. The molecule has 2 fully saturated rings. The highest BCUT2D eigenvalue weighted by molar-refractivity contribution is 5.78. The van der Waals surface area contributed by atoms with Gasteiger partial charge >= 0.3 is 0 Å². The molecule has 5 nitrogen and oxygen atoms in total. The van der Waals surface area contributed by atoms with Gasteiger partial charge in [-0.3, -0.25) is 9.59 Å². The Morgan fingerprint density at radius 3 is 2.57 bits per heavy atom. The summed E-state index contributed by atoms with van der Waals surface area (Å²) in [5, 5.41) is 0. The van der Waals surface area contributed by atoms with Gasteiger partial charge in [-0.1, -0.05) is 30.3 Å². The average molecular weight is 377 g/mol. The highest BCUT2D eigenvalue weighted by Crippen LogP contribution is 2.36. The number of carbonyl (C=O) groups excluding carboxylic acids is 1. The van der Waals surface area contributed by atoms with Crippen molar-refractivity contribution in [2.24, 2.45) is 5.92 Å². The number of rotatable bonds is 4. The number of likely N-dealkylation sites (tertiary alicyclic amines) is 2. The number of benzene rings is 1. The molecule has 146 valence electrons. The number of hydrogen-bond acceptors (Lipinski definition) is 3. The first-order valence-electron chi connectivity index (χ1n) is 10.5. The van der Waals surface area contributed by atoms with E-state index < -0.39 is 0 Å². The molecule has 0 N–H and O–H groups in total. The molecule has 2 saturated heterocycles. The maximum Gasteiger partial charge on any atom is 0.251 e. The van der Waals surface area contributed by atoms with Crippen molar-refractivity contribution in [1.82, 2.24) is 14.4 Å². The first kappa shape index (κ1) is 17.7. The molecule has 5 rings (SSSR count). The molecule has 1 aromatic heterocycles. The molecule has 1 amide bonds. The second-order valence-electron chi connectivity index (χ2n) is 8.53. The molecule has 0 aliphatic carbocycles. The van der Waals surface area contributed by atoms with Crippen LogP contribution in [-0.2, 0) is 11.3 Å². The van der Waals surface area contributed by atoms with Crippen molar-refractivity contribution in [2.75, 3.05) is 32.7 Å². The molecule has 3 aliphatic rings. The van der Waals surface area contributed by atoms with E-state index in [4.69, 9.17) is 0 Å². The Hall–Kier alpha value is -2.40. The zero-order valence-electron chi connectivity index (χ0n) is 16.2. The lowest BCUT2D eigenvalue weighted by atomic mass is 9.82. The Bertz CT molecular complexity index is 937. The molecule has 3 aliphatic heterocycles. The van der Waals surface area contributed by atoms with Gasteiger partial charge in [-0.05, 0) is 36.0 Å². The van der Waals surface area contributed by atoms with Crippen LogP contribution in [0.1, 0.15) is 30.9 Å². The van der Waals surface area contributed by atoms with E-state index in [1.165, 1.54) is 5.69 Å². The summed E-state index contributed by atoms with van der Waals surface area (Å²) in [4.78, 5) is 29.2. The average Bonchev–Trinajstić information content (AvgIpc) is 3.12. The van der Waals surface area contributed by atoms with E-state index in [1.807, 2.05) is 27.7 Å². The van der Waals surface area contributed by atoms with Gasteiger partial charge in [0.2, 0.25) is 5.91 Å². The van der Waals surface area contributed by atoms with Gasteiger partial charge in [0.1, 0.15) is 0 Å². The number of aromatic nitrogens is 1. The van der Waals surface area contributed by atoms with Crippen LogP contribution in [0.25, 0.3) is 11.1 Å². The fourth-order valence-electron chi connectivity index (χ4n) is 5.24. The topological polar surface area (TPSA) is 45.6 Å². The standard InChI is InChI=1S/C23H27N3O2/c27-22-7-4-8-25(22)10-9-24-14-17-11-20(16-24)21-12-19(13-23(28)26(21)15-17)18-5-2-1-3-6-18/h1-3,5-6,12-13,17,20H,4,7-11,14-16H2/t17-,20+/m0/s1. The molecular weight excluding hydrogens is 350 g/mol. The fraction of sp³-hybridized carbons (Fsp3) is 0.478. The van der Waals surface area contributed by atoms with Crippen LogP contribution in [0.3, 0.4) is 0 Å². The van der Waals surface area contributed by atoms with Crippen molar-refractivity contribution in [3.63, 3.8) is 0 Å². The first-order chi connectivity index (χ1) is 13.7. The molecule has 0 saturated carbocycles. The lowest BCUT2D eigenvalue weighted by Gasteiger charge is -2.43. The van der Waals surface area contributed by atoms with E-state index in [0.29, 0.717) is 24.2 Å². The summed E-state index contributed by atoms with van der Waals surface area (Å²) in [6.45, 7) is 5.54. The van der Waals surface area contributed by atoms with Gasteiger partial charge in [-0.15, -0.1) is 0 Å². The summed E-state index contributed by atoms with van der Waals surface area (Å²) in [5.74, 6) is 1.24. The van der Waals surface area contributed by atoms with Gasteiger partial charge in [-0.2, -0.15) is 0 Å². The smallest absolute Gasteiger partial charge is 0.251 e. The number of amides is 1. The monoisotopic (exact) mass is 377 g/mol. The van der Waals surface area contributed by atoms with Gasteiger partial charge in [0, 0.05) is 63.4 Å². The third-order valence-electron chi connectivity index (χ3n) is 6.60. The van der Waals surface area contributed by atoms with Crippen molar-refractivity contribution in [2.45, 2.75) is 31.7 Å². The predicted octanol–water partition coefficient (Wildman–Crippen LogP) is 2.56. The van der Waals surface area contributed by atoms with Crippen LogP contribution in [-0.4, -0.2) is 53.0 Å². The third-order valence-corrected chi connectivity index (χ3v) is 6.60. The van der Waals surface area contributed by atoms with Crippen molar-refractivity contribution in [1.29, 1.82) is 0 Å². The Labute approximate surface area is 165 Å². The Morgan fingerprint density at radius 2 is 1.79 bits per heavy atom. The van der Waals surface area contributed by atoms with Crippen LogP contribution in [0, 0.1) is 5.92 Å². The summed E-state index contributed by atoms with van der Waals surface area (Å²) >= 11 is 0. The molecule has 2 atom stereocenters. The molecule has 5 heteroatoms. The van der Waals surface area contributed by atoms with Gasteiger partial charge in [0.15, 0.2) is 0 Å². The number of hydrogen-bond donors (Lipinski definition) is 0. The van der Waals surface area contributed by atoms with E-state index in [9.17, 15) is 9.59 Å². The van der Waals surface area contributed by atoms with Gasteiger partial charge in [0.25, 0.3) is 5.56 Å². The van der Waals surface area contributed by atoms with E-state index in [0.717, 1.165) is 63.2 Å². The van der Waals surface area contributed by atoms with Crippen LogP contribution in [0.15, 0.2) is 47.3 Å². The normalized spacial score (nSPS) is 24.4. The summed E-state index contributed by atoms with van der Waals surface area (Å²) < 4.78 is 2.01. The Kier molecular flexibility index (Phi) is 4.55. The summed E-state index contributed by atoms with van der Waals surface area (Å²) in [6, 6.07) is 14.2. The molecular formula is C23H27N3O2. The quantitative estimate of drug-likeness (QED) is 0.823. The van der Waals surface area contributed by atoms with Gasteiger partial charge in [0.05, 0.1) is 0 Å². The number of pyridine rings is 1. The molecule has 2 aromatic rings. The molecule has 2 bridgehead atoms. The largest absolute Gasteiger partial charge is 0.341 e. The molecule has 0 spiro atoms. The zero-order valence-corrected chi connectivity index (χ0v) is 16.2. The minimum absolute atomic E-state index is 0.127. The lowest BCUT2D eigenvalue weighted by molar-refractivity contribution is -0.127. The summed E-state index contributed by atoms with van der Waals surface area (Å²) in [7, 11) is 0. The van der Waals surface area contributed by atoms with Crippen LogP contribution >= 0.6 is 0 Å². The van der Waals surface area contributed by atoms with E-state index >= 15 is 0 Å². The highest BCUT2D eigenvalue weighted by atomic mass is 16.2. The Balaban J connectivity index is 1.37. The zero-order chi connectivity index (χ0) is 19.1. The van der Waals surface area contributed by atoms with Crippen molar-refractivity contribution < 1.29 is 4.79 Å². The number of piperidine rings is 1. The predicted molar refractivity (Wildman–Crippen MR) is 109 cm³/mol. The number of fused-ring (bicyclic) bond motifs is 4. The van der Waals surface area contributed by atoms with Crippen LogP contribution in [0.5, 0.6) is 0 Å². The lowest BCUT2D eigenvalue weighted by Crippen LogP contribution is -2.49. The van der Waals surface area contributed by atoms with Crippen LogP contribution < -0.4 is 5.56 Å². The molecule has 28 heavy (non-hydrogen) atoms. The number of nitrogens with zero attached hydrogens (tertiary/aromatic N) is 3. The molecule has 0 unspecified atom stereocenters. The van der Waals surface area contributed by atoms with Crippen LogP contribution in [0.2, 0.25) is 0 Å². The summed E-state index contributed by atoms with van der Waals surface area (Å²) in [5.41, 5.74) is 3.44. The second-order valence-corrected chi connectivity index (χ2v) is 8.53. The minimum Gasteiger partial charge on any atom is -0.341 e. The van der Waals surface area contributed by atoms with E-state index in [1.54, 1.807) is 6.07 Å². The maximum atomic E-state index is 12.8. The van der Waals surface area contributed by atoms with Crippen LogP contribution in [0.4, 0.5) is 0 Å². The second kappa shape index (κ2) is 7.21. The summed E-state index contributed by atoms with van der Waals surface area (Å²) in [6.07, 6.45) is 2.88. The SMILES string of the molecule is O=C1CCCN1CCN1C[C@@H]2C[C@H](C1)c1cc(-c3ccccc3)cc(=O)n1C2. The van der Waals surface area contributed by atoms with Crippen molar-refractivity contribution >= 4 is 5.91 Å². The number of carbonyl (C=O) groups is 1. The first-order valence-corrected chi connectivity index (χ1v) is 10.5.